The number of halogens is 2. The molecule has 1 aliphatic carbocycles. The van der Waals surface area contributed by atoms with Crippen LogP contribution >= 0.6 is 11.6 Å². The van der Waals surface area contributed by atoms with E-state index < -0.39 is 5.82 Å². The summed E-state index contributed by atoms with van der Waals surface area (Å²) < 4.78 is 16.4. The Hall–Kier alpha value is -2.80. The van der Waals surface area contributed by atoms with Crippen molar-refractivity contribution >= 4 is 33.8 Å². The Morgan fingerprint density at radius 3 is 2.85 bits per heavy atom. The van der Waals surface area contributed by atoms with Crippen LogP contribution in [-0.4, -0.2) is 24.5 Å². The number of imidazole rings is 1. The second kappa shape index (κ2) is 6.13. The van der Waals surface area contributed by atoms with E-state index in [1.165, 1.54) is 18.6 Å². The number of aromatic nitrogens is 5. The number of nitrogens with zero attached hydrogens (tertiary/aromatic N) is 4. The molecular formula is C19H15ClFN5O. The average molecular weight is 384 g/mol. The summed E-state index contributed by atoms with van der Waals surface area (Å²) in [6.45, 7) is 0.364. The Morgan fingerprint density at radius 2 is 2.07 bits per heavy atom. The maximum atomic E-state index is 14.4. The highest BCUT2D eigenvalue weighted by atomic mass is 35.5. The van der Waals surface area contributed by atoms with E-state index in [2.05, 4.69) is 19.9 Å². The van der Waals surface area contributed by atoms with Gasteiger partial charge in [0.2, 0.25) is 5.56 Å². The minimum absolute atomic E-state index is 0.0237. The lowest BCUT2D eigenvalue weighted by atomic mass is 9.85. The number of aromatic amines is 1. The molecule has 3 heterocycles. The highest BCUT2D eigenvalue weighted by Crippen LogP contribution is 2.37. The van der Waals surface area contributed by atoms with Crippen LogP contribution in [0.25, 0.3) is 22.2 Å². The number of hydrogen-bond donors (Lipinski definition) is 1. The number of H-pyrrole nitrogens is 1. The van der Waals surface area contributed by atoms with Crippen molar-refractivity contribution in [1.29, 1.82) is 0 Å². The van der Waals surface area contributed by atoms with Crippen LogP contribution in [0.2, 0.25) is 5.02 Å². The maximum Gasteiger partial charge on any atom is 0.248 e. The van der Waals surface area contributed by atoms with Gasteiger partial charge in [-0.3, -0.25) is 4.79 Å². The van der Waals surface area contributed by atoms with Crippen molar-refractivity contribution in [2.75, 3.05) is 0 Å². The van der Waals surface area contributed by atoms with Crippen molar-refractivity contribution in [2.24, 2.45) is 0 Å². The third-order valence-corrected chi connectivity index (χ3v) is 5.50. The molecule has 6 nitrogen and oxygen atoms in total. The molecule has 0 unspecified atom stereocenters. The van der Waals surface area contributed by atoms with Gasteiger partial charge in [-0.05, 0) is 24.5 Å². The van der Waals surface area contributed by atoms with Gasteiger partial charge in [-0.1, -0.05) is 24.1 Å². The molecule has 136 valence electrons. The summed E-state index contributed by atoms with van der Waals surface area (Å²) in [4.78, 5) is 28.1. The summed E-state index contributed by atoms with van der Waals surface area (Å²) in [5.41, 5.74) is 1.69. The molecule has 0 spiro atoms. The Balaban J connectivity index is 1.72. The van der Waals surface area contributed by atoms with E-state index in [9.17, 15) is 9.18 Å². The fourth-order valence-corrected chi connectivity index (χ4v) is 3.80. The lowest BCUT2D eigenvalue weighted by molar-refractivity contribution is 0.391. The normalized spacial score (nSPS) is 14.7. The minimum Gasteiger partial charge on any atom is -0.319 e. The summed E-state index contributed by atoms with van der Waals surface area (Å²) in [5, 5.41) is 0.589. The van der Waals surface area contributed by atoms with Gasteiger partial charge >= 0.3 is 0 Å². The van der Waals surface area contributed by atoms with Gasteiger partial charge in [0.1, 0.15) is 5.82 Å². The SMILES string of the molecule is O=c1cc(Cn2c(C3CCC3)nc3nccnc32)c2ccc(Cl)c(F)c2[nH]1. The van der Waals surface area contributed by atoms with Gasteiger partial charge in [-0.25, -0.2) is 19.3 Å². The van der Waals surface area contributed by atoms with E-state index >= 15 is 0 Å². The number of hydrogen-bond acceptors (Lipinski definition) is 4. The molecule has 4 aromatic rings. The summed E-state index contributed by atoms with van der Waals surface area (Å²) in [6.07, 6.45) is 6.56. The Kier molecular flexibility index (Phi) is 3.72. The fourth-order valence-electron chi connectivity index (χ4n) is 3.64. The van der Waals surface area contributed by atoms with Crippen LogP contribution < -0.4 is 5.56 Å². The van der Waals surface area contributed by atoms with Gasteiger partial charge < -0.3 is 9.55 Å². The smallest absolute Gasteiger partial charge is 0.248 e. The molecule has 27 heavy (non-hydrogen) atoms. The van der Waals surface area contributed by atoms with Gasteiger partial charge in [0.05, 0.1) is 17.1 Å². The van der Waals surface area contributed by atoms with Gasteiger partial charge in [-0.2, -0.15) is 0 Å². The molecule has 0 saturated heterocycles. The van der Waals surface area contributed by atoms with Crippen LogP contribution in [0, 0.1) is 5.82 Å². The number of rotatable bonds is 3. The molecule has 5 rings (SSSR count). The van der Waals surface area contributed by atoms with E-state index in [1.54, 1.807) is 18.5 Å². The van der Waals surface area contributed by atoms with Crippen LogP contribution in [0.5, 0.6) is 0 Å². The lowest BCUT2D eigenvalue weighted by Gasteiger charge is -2.25. The zero-order valence-electron chi connectivity index (χ0n) is 14.2. The molecule has 0 aliphatic heterocycles. The van der Waals surface area contributed by atoms with Crippen LogP contribution in [0.15, 0.2) is 35.4 Å². The number of pyridine rings is 1. The van der Waals surface area contributed by atoms with Crippen molar-refractivity contribution in [1.82, 2.24) is 24.5 Å². The standard InChI is InChI=1S/C19H15ClFN5O/c20-13-5-4-12-11(8-14(27)24-16(12)15(13)21)9-26-18(10-2-1-3-10)25-17-19(26)23-7-6-22-17/h4-8,10H,1-3,9H2,(H,24,27). The van der Waals surface area contributed by atoms with E-state index in [4.69, 9.17) is 11.6 Å². The minimum atomic E-state index is -0.623. The second-order valence-electron chi connectivity index (χ2n) is 6.83. The van der Waals surface area contributed by atoms with Crippen LogP contribution in [-0.2, 0) is 6.54 Å². The summed E-state index contributed by atoms with van der Waals surface area (Å²) in [6, 6.07) is 4.71. The molecule has 0 radical (unpaired) electrons. The molecule has 0 bridgehead atoms. The van der Waals surface area contributed by atoms with Crippen molar-refractivity contribution in [2.45, 2.75) is 31.7 Å². The monoisotopic (exact) mass is 383 g/mol. The van der Waals surface area contributed by atoms with E-state index in [-0.39, 0.29) is 16.1 Å². The number of nitrogens with one attached hydrogen (secondary N) is 1. The first kappa shape index (κ1) is 16.4. The summed E-state index contributed by atoms with van der Waals surface area (Å²) in [5.74, 6) is 0.661. The van der Waals surface area contributed by atoms with Crippen LogP contribution in [0.1, 0.15) is 36.6 Å². The zero-order valence-corrected chi connectivity index (χ0v) is 15.0. The predicted octanol–water partition coefficient (Wildman–Crippen LogP) is 3.78. The molecule has 1 N–H and O–H groups in total. The lowest BCUT2D eigenvalue weighted by Crippen LogP contribution is -2.17. The average Bonchev–Trinajstić information content (AvgIpc) is 2.95. The highest BCUT2D eigenvalue weighted by Gasteiger charge is 2.27. The Bertz CT molecular complexity index is 1240. The molecule has 3 aromatic heterocycles. The van der Waals surface area contributed by atoms with Gasteiger partial charge in [0.15, 0.2) is 17.1 Å². The first-order chi connectivity index (χ1) is 13.1. The topological polar surface area (TPSA) is 76.5 Å². The first-order valence-corrected chi connectivity index (χ1v) is 9.16. The predicted molar refractivity (Wildman–Crippen MR) is 101 cm³/mol. The van der Waals surface area contributed by atoms with Gasteiger partial charge in [0, 0.05) is 29.8 Å². The molecule has 0 atom stereocenters. The van der Waals surface area contributed by atoms with Crippen molar-refractivity contribution in [3.05, 3.63) is 63.2 Å². The zero-order chi connectivity index (χ0) is 18.5. The maximum absolute atomic E-state index is 14.4. The Labute approximate surface area is 158 Å². The molecule has 8 heteroatoms. The van der Waals surface area contributed by atoms with Crippen molar-refractivity contribution in [3.8, 4) is 0 Å². The van der Waals surface area contributed by atoms with Gasteiger partial charge in [-0.15, -0.1) is 0 Å². The van der Waals surface area contributed by atoms with Crippen LogP contribution in [0.3, 0.4) is 0 Å². The summed E-state index contributed by atoms with van der Waals surface area (Å²) in [7, 11) is 0. The highest BCUT2D eigenvalue weighted by molar-refractivity contribution is 6.31. The molecular weight excluding hydrogens is 369 g/mol. The molecule has 1 fully saturated rings. The van der Waals surface area contributed by atoms with E-state index in [0.717, 1.165) is 18.7 Å². The molecule has 1 saturated carbocycles. The number of fused-ring (bicyclic) bond motifs is 2. The third-order valence-electron chi connectivity index (χ3n) is 5.21. The van der Waals surface area contributed by atoms with E-state index in [0.29, 0.717) is 34.7 Å². The third kappa shape index (κ3) is 2.61. The van der Waals surface area contributed by atoms with Crippen LogP contribution in [0.4, 0.5) is 4.39 Å². The van der Waals surface area contributed by atoms with Gasteiger partial charge in [0.25, 0.3) is 0 Å². The van der Waals surface area contributed by atoms with Crippen molar-refractivity contribution < 1.29 is 4.39 Å². The van der Waals surface area contributed by atoms with E-state index in [1.807, 2.05) is 4.57 Å². The second-order valence-corrected chi connectivity index (χ2v) is 7.24. The summed E-state index contributed by atoms with van der Waals surface area (Å²) >= 11 is 5.88. The molecule has 0 amide bonds. The molecule has 1 aliphatic rings. The first-order valence-electron chi connectivity index (χ1n) is 8.79. The Morgan fingerprint density at radius 1 is 1.26 bits per heavy atom. The molecule has 1 aromatic carbocycles. The largest absolute Gasteiger partial charge is 0.319 e. The quantitative estimate of drug-likeness (QED) is 0.584. The number of benzene rings is 1. The van der Waals surface area contributed by atoms with Crippen molar-refractivity contribution in [3.63, 3.8) is 0 Å². The fraction of sp³-hybridized carbons (Fsp3) is 0.263.